The molecule has 3 rings (SSSR count). The van der Waals surface area contributed by atoms with Crippen molar-refractivity contribution >= 4 is 40.1 Å². The quantitative estimate of drug-likeness (QED) is 0.364. The predicted molar refractivity (Wildman–Crippen MR) is 141 cm³/mol. The van der Waals surface area contributed by atoms with E-state index in [-0.39, 0.29) is 18.5 Å². The predicted octanol–water partition coefficient (Wildman–Crippen LogP) is 4.85. The van der Waals surface area contributed by atoms with E-state index in [2.05, 4.69) is 43.8 Å². The molecule has 0 unspecified atom stereocenters. The fourth-order valence-corrected chi connectivity index (χ4v) is 3.96. The normalized spacial score (nSPS) is 11.0. The minimum absolute atomic E-state index is 0.187. The van der Waals surface area contributed by atoms with Gasteiger partial charge in [0.1, 0.15) is 28.1 Å². The standard InChI is InChI=1S/C22H29FN6O2S.C3H6O2/c1-14(2)12-29(21(30)31-22(3,4)5)10-8-17-28-18-19(26-13-27-20(18)32-17)25-11-16-15(23)7-6-9-24-16;1-2-5-3-4/h6-7,9,13-14H,8,10-12H2,1-5H3,(H,25,26,27);3H,2H2,1H3. The molecule has 0 saturated carbocycles. The molecule has 0 spiro atoms. The van der Waals surface area contributed by atoms with Crippen LogP contribution < -0.4 is 5.32 Å². The lowest BCUT2D eigenvalue weighted by Gasteiger charge is -2.28. The van der Waals surface area contributed by atoms with Gasteiger partial charge < -0.3 is 19.7 Å². The third kappa shape index (κ3) is 10.2. The number of carbonyl (C=O) groups is 2. The molecule has 1 N–H and O–H groups in total. The SMILES string of the molecule is CC(C)CN(CCc1nc2c(NCc3ncccc3F)ncnc2s1)C(=O)OC(C)(C)C.CCOC=O. The zero-order valence-electron chi connectivity index (χ0n) is 22.2. The summed E-state index contributed by atoms with van der Waals surface area (Å²) in [4.78, 5) is 41.5. The van der Waals surface area contributed by atoms with E-state index in [0.717, 1.165) is 9.84 Å². The smallest absolute Gasteiger partial charge is 0.410 e. The van der Waals surface area contributed by atoms with E-state index in [1.54, 1.807) is 24.1 Å². The molecule has 0 radical (unpaired) electrons. The van der Waals surface area contributed by atoms with Crippen LogP contribution in [0.15, 0.2) is 24.7 Å². The van der Waals surface area contributed by atoms with Crippen LogP contribution in [0.25, 0.3) is 10.3 Å². The second kappa shape index (κ2) is 14.4. The Kier molecular flexibility index (Phi) is 11.6. The monoisotopic (exact) mass is 534 g/mol. The van der Waals surface area contributed by atoms with Crippen LogP contribution in [0.5, 0.6) is 0 Å². The molecule has 3 aromatic rings. The van der Waals surface area contributed by atoms with Crippen molar-refractivity contribution in [2.45, 2.75) is 60.1 Å². The van der Waals surface area contributed by atoms with Crippen LogP contribution in [0.2, 0.25) is 0 Å². The molecule has 0 aliphatic rings. The first kappa shape index (κ1) is 29.8. The van der Waals surface area contributed by atoms with Crippen LogP contribution >= 0.6 is 11.3 Å². The number of aromatic nitrogens is 4. The van der Waals surface area contributed by atoms with E-state index in [1.807, 2.05) is 20.8 Å². The van der Waals surface area contributed by atoms with E-state index >= 15 is 0 Å². The Morgan fingerprint density at radius 1 is 1.27 bits per heavy atom. The van der Waals surface area contributed by atoms with Crippen LogP contribution in [0, 0.1) is 11.7 Å². The molecule has 0 atom stereocenters. The zero-order chi connectivity index (χ0) is 27.4. The van der Waals surface area contributed by atoms with Gasteiger partial charge in [-0.1, -0.05) is 25.2 Å². The number of halogens is 1. The Morgan fingerprint density at radius 3 is 2.62 bits per heavy atom. The van der Waals surface area contributed by atoms with Gasteiger partial charge in [0, 0.05) is 25.7 Å². The summed E-state index contributed by atoms with van der Waals surface area (Å²) in [6.45, 7) is 13.6. The summed E-state index contributed by atoms with van der Waals surface area (Å²) in [6.07, 6.45) is 3.24. The fourth-order valence-electron chi connectivity index (χ4n) is 3.07. The van der Waals surface area contributed by atoms with Crippen LogP contribution in [0.3, 0.4) is 0 Å². The average molecular weight is 535 g/mol. The molecule has 0 aromatic carbocycles. The minimum atomic E-state index is -0.550. The van der Waals surface area contributed by atoms with Crippen LogP contribution in [-0.4, -0.2) is 62.7 Å². The lowest BCUT2D eigenvalue weighted by atomic mass is 10.2. The number of carbonyl (C=O) groups excluding carboxylic acids is 2. The second-order valence-electron chi connectivity index (χ2n) is 9.39. The first-order chi connectivity index (χ1) is 17.5. The number of ether oxygens (including phenoxy) is 2. The highest BCUT2D eigenvalue weighted by Gasteiger charge is 2.23. The maximum absolute atomic E-state index is 13.9. The molecule has 10 nitrogen and oxygen atoms in total. The van der Waals surface area contributed by atoms with Crippen LogP contribution in [0.1, 0.15) is 52.2 Å². The number of pyridine rings is 1. The van der Waals surface area contributed by atoms with Crippen molar-refractivity contribution < 1.29 is 23.5 Å². The highest BCUT2D eigenvalue weighted by atomic mass is 32.1. The van der Waals surface area contributed by atoms with Gasteiger partial charge in [0.2, 0.25) is 0 Å². The summed E-state index contributed by atoms with van der Waals surface area (Å²) in [5, 5.41) is 3.94. The van der Waals surface area contributed by atoms with Crippen molar-refractivity contribution in [3.05, 3.63) is 41.2 Å². The molecule has 1 amide bonds. The Morgan fingerprint density at radius 2 is 2.03 bits per heavy atom. The summed E-state index contributed by atoms with van der Waals surface area (Å²) in [7, 11) is 0. The second-order valence-corrected chi connectivity index (χ2v) is 10.5. The van der Waals surface area contributed by atoms with Gasteiger partial charge in [-0.15, -0.1) is 0 Å². The Hall–Kier alpha value is -3.41. The summed E-state index contributed by atoms with van der Waals surface area (Å²) >= 11 is 1.45. The molecular formula is C25H35FN6O4S. The summed E-state index contributed by atoms with van der Waals surface area (Å²) < 4.78 is 23.6. The maximum atomic E-state index is 13.9. The van der Waals surface area contributed by atoms with Crippen LogP contribution in [0.4, 0.5) is 15.0 Å². The highest BCUT2D eigenvalue weighted by Crippen LogP contribution is 2.25. The molecule has 37 heavy (non-hydrogen) atoms. The van der Waals surface area contributed by atoms with Crippen LogP contribution in [-0.2, 0) is 27.2 Å². The number of nitrogens with one attached hydrogen (secondary N) is 1. The van der Waals surface area contributed by atoms with Crippen molar-refractivity contribution in [1.29, 1.82) is 0 Å². The number of nitrogens with zero attached hydrogens (tertiary/aromatic N) is 5. The van der Waals surface area contributed by atoms with Crippen molar-refractivity contribution in [2.75, 3.05) is 25.0 Å². The molecular weight excluding hydrogens is 499 g/mol. The highest BCUT2D eigenvalue weighted by molar-refractivity contribution is 7.18. The molecule has 0 saturated heterocycles. The number of hydrogen-bond acceptors (Lipinski definition) is 10. The van der Waals surface area contributed by atoms with Gasteiger partial charge in [0.15, 0.2) is 5.82 Å². The largest absolute Gasteiger partial charge is 0.468 e. The third-order valence-electron chi connectivity index (χ3n) is 4.57. The van der Waals surface area contributed by atoms with Crippen molar-refractivity contribution in [3.63, 3.8) is 0 Å². The van der Waals surface area contributed by atoms with E-state index in [9.17, 15) is 14.0 Å². The zero-order valence-corrected chi connectivity index (χ0v) is 23.0. The number of thiazole rings is 1. The van der Waals surface area contributed by atoms with Gasteiger partial charge in [-0.2, -0.15) is 0 Å². The first-order valence-electron chi connectivity index (χ1n) is 12.0. The third-order valence-corrected chi connectivity index (χ3v) is 5.59. The van der Waals surface area contributed by atoms with E-state index < -0.39 is 5.60 Å². The van der Waals surface area contributed by atoms with Gasteiger partial charge in [-0.05, 0) is 45.7 Å². The maximum Gasteiger partial charge on any atom is 0.410 e. The minimum Gasteiger partial charge on any atom is -0.468 e. The number of fused-ring (bicyclic) bond motifs is 1. The number of anilines is 1. The lowest BCUT2D eigenvalue weighted by molar-refractivity contribution is -0.128. The van der Waals surface area contributed by atoms with Gasteiger partial charge >= 0.3 is 6.09 Å². The summed E-state index contributed by atoms with van der Waals surface area (Å²) in [6, 6.07) is 2.92. The molecule has 0 aliphatic heterocycles. The Balaban J connectivity index is 0.000000877. The first-order valence-corrected chi connectivity index (χ1v) is 12.8. The number of amides is 1. The van der Waals surface area contributed by atoms with E-state index in [4.69, 9.17) is 4.74 Å². The fraction of sp³-hybridized carbons (Fsp3) is 0.520. The summed E-state index contributed by atoms with van der Waals surface area (Å²) in [5.74, 6) is 0.455. The van der Waals surface area contributed by atoms with Gasteiger partial charge in [0.05, 0.1) is 23.9 Å². The molecule has 202 valence electrons. The van der Waals surface area contributed by atoms with E-state index in [1.165, 1.54) is 23.7 Å². The molecule has 3 aromatic heterocycles. The number of hydrogen-bond donors (Lipinski definition) is 1. The molecule has 0 aliphatic carbocycles. The van der Waals surface area contributed by atoms with Gasteiger partial charge in [-0.3, -0.25) is 9.78 Å². The number of rotatable bonds is 10. The van der Waals surface area contributed by atoms with Gasteiger partial charge in [0.25, 0.3) is 6.47 Å². The lowest BCUT2D eigenvalue weighted by Crippen LogP contribution is -2.40. The van der Waals surface area contributed by atoms with Crippen molar-refractivity contribution in [2.24, 2.45) is 5.92 Å². The summed E-state index contributed by atoms with van der Waals surface area (Å²) in [5.41, 5.74) is 0.374. The Bertz CT molecular complexity index is 1150. The van der Waals surface area contributed by atoms with Crippen molar-refractivity contribution in [1.82, 2.24) is 24.8 Å². The van der Waals surface area contributed by atoms with Crippen molar-refractivity contribution in [3.8, 4) is 0 Å². The topological polar surface area (TPSA) is 119 Å². The molecule has 0 fully saturated rings. The average Bonchev–Trinajstić information content (AvgIpc) is 3.24. The molecule has 12 heteroatoms. The molecule has 3 heterocycles. The van der Waals surface area contributed by atoms with Gasteiger partial charge in [-0.25, -0.2) is 24.1 Å². The molecule has 0 bridgehead atoms. The van der Waals surface area contributed by atoms with E-state index in [0.29, 0.717) is 55.5 Å². The Labute approximate surface area is 220 Å².